The van der Waals surface area contributed by atoms with Crippen LogP contribution >= 0.6 is 0 Å². The average molecular weight is 232 g/mol. The van der Waals surface area contributed by atoms with Crippen LogP contribution in [0.15, 0.2) is 34.9 Å². The molecular formula is C12H16N4O. The number of anilines is 1. The van der Waals surface area contributed by atoms with Crippen LogP contribution in [0.25, 0.3) is 0 Å². The van der Waals surface area contributed by atoms with Crippen molar-refractivity contribution in [3.05, 3.63) is 41.8 Å². The molecule has 90 valence electrons. The first-order valence-electron chi connectivity index (χ1n) is 5.47. The number of rotatable bonds is 4. The zero-order chi connectivity index (χ0) is 12.3. The first-order chi connectivity index (χ1) is 8.16. The maximum atomic E-state index is 6.03. The maximum absolute atomic E-state index is 6.03. The van der Waals surface area contributed by atoms with Gasteiger partial charge in [-0.05, 0) is 17.1 Å². The lowest BCUT2D eigenvalue weighted by Gasteiger charge is -2.06. The summed E-state index contributed by atoms with van der Waals surface area (Å²) in [6.07, 6.45) is 0.690. The molecular weight excluding hydrogens is 216 g/mol. The summed E-state index contributed by atoms with van der Waals surface area (Å²) in [4.78, 5) is 6.01. The van der Waals surface area contributed by atoms with Crippen molar-refractivity contribution >= 4 is 5.95 Å². The highest BCUT2D eigenvalue weighted by Gasteiger charge is 2.15. The lowest BCUT2D eigenvalue weighted by atomic mass is 10.1. The summed E-state index contributed by atoms with van der Waals surface area (Å²) in [6.45, 7) is 0. The van der Waals surface area contributed by atoms with Gasteiger partial charge in [-0.1, -0.05) is 30.3 Å². The van der Waals surface area contributed by atoms with E-state index in [1.165, 1.54) is 0 Å². The van der Waals surface area contributed by atoms with E-state index in [9.17, 15) is 0 Å². The number of hydrogen-bond acceptors (Lipinski definition) is 5. The molecule has 0 saturated heterocycles. The third kappa shape index (κ3) is 2.82. The van der Waals surface area contributed by atoms with Crippen molar-refractivity contribution in [2.24, 2.45) is 5.73 Å². The molecule has 0 spiro atoms. The van der Waals surface area contributed by atoms with Gasteiger partial charge in [-0.15, -0.1) is 0 Å². The van der Waals surface area contributed by atoms with Crippen molar-refractivity contribution in [1.29, 1.82) is 0 Å². The molecule has 1 aromatic carbocycles. The Labute approximate surface area is 100 Å². The van der Waals surface area contributed by atoms with Crippen molar-refractivity contribution in [1.82, 2.24) is 10.1 Å². The van der Waals surface area contributed by atoms with Gasteiger partial charge < -0.3 is 15.2 Å². The monoisotopic (exact) mass is 232 g/mol. The molecule has 2 N–H and O–H groups in total. The van der Waals surface area contributed by atoms with Gasteiger partial charge in [0.1, 0.15) is 0 Å². The van der Waals surface area contributed by atoms with E-state index in [0.717, 1.165) is 5.56 Å². The Bertz CT molecular complexity index is 466. The van der Waals surface area contributed by atoms with Crippen LogP contribution in [0.2, 0.25) is 0 Å². The van der Waals surface area contributed by atoms with Crippen LogP contribution in [0.3, 0.4) is 0 Å². The topological polar surface area (TPSA) is 68.2 Å². The molecule has 1 heterocycles. The van der Waals surface area contributed by atoms with Crippen LogP contribution < -0.4 is 10.6 Å². The zero-order valence-corrected chi connectivity index (χ0v) is 10.00. The van der Waals surface area contributed by atoms with Crippen LogP contribution in [0.5, 0.6) is 0 Å². The fourth-order valence-corrected chi connectivity index (χ4v) is 1.51. The van der Waals surface area contributed by atoms with Gasteiger partial charge in [-0.25, -0.2) is 0 Å². The van der Waals surface area contributed by atoms with Crippen molar-refractivity contribution in [3.63, 3.8) is 0 Å². The zero-order valence-electron chi connectivity index (χ0n) is 10.00. The lowest BCUT2D eigenvalue weighted by Crippen LogP contribution is -2.15. The largest absolute Gasteiger partial charge is 0.344 e. The molecule has 2 rings (SSSR count). The van der Waals surface area contributed by atoms with E-state index in [4.69, 9.17) is 10.3 Å². The Morgan fingerprint density at radius 2 is 2.00 bits per heavy atom. The molecule has 0 aliphatic heterocycles. The second-order valence-electron chi connectivity index (χ2n) is 4.12. The van der Waals surface area contributed by atoms with E-state index >= 15 is 0 Å². The first kappa shape index (κ1) is 11.6. The molecule has 2 aromatic rings. The maximum Gasteiger partial charge on any atom is 0.265 e. The first-order valence-corrected chi connectivity index (χ1v) is 5.47. The second kappa shape index (κ2) is 4.97. The van der Waals surface area contributed by atoms with Crippen LogP contribution in [0.4, 0.5) is 5.95 Å². The average Bonchev–Trinajstić information content (AvgIpc) is 2.79. The minimum atomic E-state index is -0.265. The molecule has 0 amide bonds. The van der Waals surface area contributed by atoms with Crippen molar-refractivity contribution in [3.8, 4) is 0 Å². The van der Waals surface area contributed by atoms with Crippen molar-refractivity contribution < 1.29 is 4.52 Å². The van der Waals surface area contributed by atoms with E-state index in [1.807, 2.05) is 44.4 Å². The van der Waals surface area contributed by atoms with Gasteiger partial charge in [0.2, 0.25) is 5.89 Å². The molecule has 0 unspecified atom stereocenters. The molecule has 0 saturated carbocycles. The summed E-state index contributed by atoms with van der Waals surface area (Å²) in [7, 11) is 3.72. The molecule has 1 atom stereocenters. The van der Waals surface area contributed by atoms with Gasteiger partial charge in [-0.2, -0.15) is 4.98 Å². The van der Waals surface area contributed by atoms with E-state index in [-0.39, 0.29) is 6.04 Å². The minimum Gasteiger partial charge on any atom is -0.344 e. The van der Waals surface area contributed by atoms with Crippen molar-refractivity contribution in [2.45, 2.75) is 12.5 Å². The van der Waals surface area contributed by atoms with Crippen LogP contribution in [-0.4, -0.2) is 24.2 Å². The Balaban J connectivity index is 2.07. The molecule has 0 aliphatic rings. The van der Waals surface area contributed by atoms with Gasteiger partial charge in [0.15, 0.2) is 0 Å². The third-order valence-corrected chi connectivity index (χ3v) is 2.45. The number of aromatic nitrogens is 2. The summed E-state index contributed by atoms with van der Waals surface area (Å²) in [5.41, 5.74) is 7.18. The number of nitrogens with two attached hydrogens (primary N) is 1. The van der Waals surface area contributed by atoms with Gasteiger partial charge in [0, 0.05) is 14.1 Å². The van der Waals surface area contributed by atoms with Gasteiger partial charge in [-0.3, -0.25) is 0 Å². The second-order valence-corrected chi connectivity index (χ2v) is 4.12. The summed E-state index contributed by atoms with van der Waals surface area (Å²) < 4.78 is 5.13. The normalized spacial score (nSPS) is 12.4. The van der Waals surface area contributed by atoms with Gasteiger partial charge in [0.05, 0.1) is 6.04 Å². The lowest BCUT2D eigenvalue weighted by molar-refractivity contribution is 0.354. The highest BCUT2D eigenvalue weighted by Crippen LogP contribution is 2.16. The van der Waals surface area contributed by atoms with E-state index in [1.54, 1.807) is 4.90 Å². The standard InChI is InChI=1S/C12H16N4O/c1-16(2)12-14-11(17-15-12)10(13)8-9-6-4-3-5-7-9/h3-7,10H,8,13H2,1-2H3/t10-/m0/s1. The number of nitrogens with zero attached hydrogens (tertiary/aromatic N) is 3. The van der Waals surface area contributed by atoms with E-state index < -0.39 is 0 Å². The van der Waals surface area contributed by atoms with Gasteiger partial charge in [0.25, 0.3) is 5.95 Å². The smallest absolute Gasteiger partial charge is 0.265 e. The fourth-order valence-electron chi connectivity index (χ4n) is 1.51. The Morgan fingerprint density at radius 3 is 2.59 bits per heavy atom. The summed E-state index contributed by atoms with van der Waals surface area (Å²) in [5, 5.41) is 3.84. The predicted molar refractivity (Wildman–Crippen MR) is 65.7 cm³/mol. The molecule has 1 aromatic heterocycles. The number of hydrogen-bond donors (Lipinski definition) is 1. The number of benzene rings is 1. The van der Waals surface area contributed by atoms with Gasteiger partial charge >= 0.3 is 0 Å². The quantitative estimate of drug-likeness (QED) is 0.862. The molecule has 0 radical (unpaired) electrons. The molecule has 17 heavy (non-hydrogen) atoms. The minimum absolute atomic E-state index is 0.265. The van der Waals surface area contributed by atoms with Crippen LogP contribution in [0.1, 0.15) is 17.5 Å². The van der Waals surface area contributed by atoms with E-state index in [0.29, 0.717) is 18.3 Å². The summed E-state index contributed by atoms with van der Waals surface area (Å²) in [6, 6.07) is 9.75. The van der Waals surface area contributed by atoms with E-state index in [2.05, 4.69) is 10.1 Å². The predicted octanol–water partition coefficient (Wildman–Crippen LogP) is 1.38. The summed E-state index contributed by atoms with van der Waals surface area (Å²) >= 11 is 0. The Kier molecular flexibility index (Phi) is 3.39. The summed E-state index contributed by atoms with van der Waals surface area (Å²) in [5.74, 6) is 1.01. The van der Waals surface area contributed by atoms with Crippen molar-refractivity contribution in [2.75, 3.05) is 19.0 Å². The molecule has 0 fully saturated rings. The molecule has 0 bridgehead atoms. The third-order valence-electron chi connectivity index (χ3n) is 2.45. The van der Waals surface area contributed by atoms with Crippen LogP contribution in [0, 0.1) is 0 Å². The molecule has 5 nitrogen and oxygen atoms in total. The van der Waals surface area contributed by atoms with Crippen LogP contribution in [-0.2, 0) is 6.42 Å². The molecule has 5 heteroatoms. The Hall–Kier alpha value is -1.88. The highest BCUT2D eigenvalue weighted by atomic mass is 16.5. The SMILES string of the molecule is CN(C)c1noc([C@@H](N)Cc2ccccc2)n1. The highest BCUT2D eigenvalue weighted by molar-refractivity contribution is 5.24. The Morgan fingerprint density at radius 1 is 1.29 bits per heavy atom. The fraction of sp³-hybridized carbons (Fsp3) is 0.333. The molecule has 0 aliphatic carbocycles.